The predicted molar refractivity (Wildman–Crippen MR) is 117 cm³/mol. The van der Waals surface area contributed by atoms with E-state index in [1.807, 2.05) is 34.4 Å². The third-order valence-electron chi connectivity index (χ3n) is 3.84. The van der Waals surface area contributed by atoms with E-state index in [0.717, 1.165) is 0 Å². The number of hydrogen-bond acceptors (Lipinski definition) is 5. The molecule has 1 aliphatic heterocycles. The van der Waals surface area contributed by atoms with Gasteiger partial charge in [-0.3, -0.25) is 0 Å². The highest BCUT2D eigenvalue weighted by atomic mass is 32.2. The van der Waals surface area contributed by atoms with Crippen LogP contribution in [0.15, 0.2) is 41.3 Å². The number of thioether (sulfide) groups is 1. The first-order valence-corrected chi connectivity index (χ1v) is 10.5. The number of rotatable bonds is 4. The SMILES string of the molecule is CN(C)c1ccc(C(=C2C=CC(=[N+](C)C)S2)c2ccc(N(C)C)s2)s1. The van der Waals surface area contributed by atoms with Gasteiger partial charge in [-0.05, 0) is 42.1 Å². The van der Waals surface area contributed by atoms with Gasteiger partial charge in [0, 0.05) is 54.5 Å². The van der Waals surface area contributed by atoms with Gasteiger partial charge in [0.1, 0.15) is 14.1 Å². The Labute approximate surface area is 162 Å². The van der Waals surface area contributed by atoms with Crippen LogP contribution >= 0.6 is 34.4 Å². The molecule has 0 unspecified atom stereocenters. The quantitative estimate of drug-likeness (QED) is 0.702. The summed E-state index contributed by atoms with van der Waals surface area (Å²) in [6, 6.07) is 8.92. The van der Waals surface area contributed by atoms with Crippen LogP contribution in [-0.4, -0.2) is 51.9 Å². The molecule has 132 valence electrons. The molecule has 3 nitrogen and oxygen atoms in total. The zero-order valence-corrected chi connectivity index (χ0v) is 18.0. The van der Waals surface area contributed by atoms with Crippen molar-refractivity contribution in [2.24, 2.45) is 0 Å². The van der Waals surface area contributed by atoms with Crippen molar-refractivity contribution in [2.45, 2.75) is 0 Å². The van der Waals surface area contributed by atoms with E-state index in [1.165, 1.54) is 35.3 Å². The Morgan fingerprint density at radius 1 is 0.800 bits per heavy atom. The molecule has 6 heteroatoms. The Bertz CT molecular complexity index is 814. The van der Waals surface area contributed by atoms with Crippen molar-refractivity contribution in [3.8, 4) is 0 Å². The Hall–Kier alpha value is -1.50. The van der Waals surface area contributed by atoms with Crippen molar-refractivity contribution < 1.29 is 4.58 Å². The Kier molecular flexibility index (Phi) is 5.41. The van der Waals surface area contributed by atoms with Gasteiger partial charge in [0.15, 0.2) is 0 Å². The molecule has 0 atom stereocenters. The number of nitrogens with zero attached hydrogens (tertiary/aromatic N) is 3. The third-order valence-corrected chi connectivity index (χ3v) is 7.65. The fourth-order valence-electron chi connectivity index (χ4n) is 2.47. The van der Waals surface area contributed by atoms with Gasteiger partial charge >= 0.3 is 0 Å². The Morgan fingerprint density at radius 2 is 1.32 bits per heavy atom. The van der Waals surface area contributed by atoms with E-state index in [4.69, 9.17) is 0 Å². The Balaban J connectivity index is 2.11. The molecular weight excluding hydrogens is 366 g/mol. The van der Waals surface area contributed by atoms with Gasteiger partial charge in [-0.1, -0.05) is 0 Å². The van der Waals surface area contributed by atoms with Gasteiger partial charge in [-0.15, -0.1) is 22.7 Å². The molecule has 0 radical (unpaired) electrons. The highest BCUT2D eigenvalue weighted by molar-refractivity contribution is 8.18. The lowest BCUT2D eigenvalue weighted by atomic mass is 10.1. The lowest BCUT2D eigenvalue weighted by Gasteiger charge is -2.10. The van der Waals surface area contributed by atoms with Crippen LogP contribution < -0.4 is 9.80 Å². The number of anilines is 2. The maximum atomic E-state index is 2.25. The lowest BCUT2D eigenvalue weighted by molar-refractivity contribution is -0.460. The molecule has 0 aromatic carbocycles. The molecule has 0 saturated carbocycles. The van der Waals surface area contributed by atoms with Gasteiger partial charge in [-0.2, -0.15) is 0 Å². The van der Waals surface area contributed by atoms with Gasteiger partial charge in [0.25, 0.3) is 0 Å². The zero-order valence-electron chi connectivity index (χ0n) is 15.5. The van der Waals surface area contributed by atoms with Crippen LogP contribution in [0, 0.1) is 0 Å². The van der Waals surface area contributed by atoms with E-state index in [-0.39, 0.29) is 0 Å². The van der Waals surface area contributed by atoms with Crippen molar-refractivity contribution in [3.05, 3.63) is 51.1 Å². The maximum absolute atomic E-state index is 2.25. The molecule has 0 bridgehead atoms. The van der Waals surface area contributed by atoms with Crippen molar-refractivity contribution in [2.75, 3.05) is 52.1 Å². The van der Waals surface area contributed by atoms with Gasteiger partial charge in [-0.25, -0.2) is 4.58 Å². The smallest absolute Gasteiger partial charge is 0.239 e. The topological polar surface area (TPSA) is 9.49 Å². The van der Waals surface area contributed by atoms with E-state index in [9.17, 15) is 0 Å². The van der Waals surface area contributed by atoms with Crippen molar-refractivity contribution >= 4 is 55.1 Å². The second-order valence-electron chi connectivity index (χ2n) is 6.47. The van der Waals surface area contributed by atoms with Gasteiger partial charge in [0.2, 0.25) is 5.04 Å². The molecule has 0 amide bonds. The van der Waals surface area contributed by atoms with E-state index >= 15 is 0 Å². The zero-order chi connectivity index (χ0) is 18.1. The number of allylic oxidation sites excluding steroid dienone is 1. The van der Waals surface area contributed by atoms with Gasteiger partial charge < -0.3 is 9.80 Å². The van der Waals surface area contributed by atoms with E-state index in [0.29, 0.717) is 0 Å². The van der Waals surface area contributed by atoms with E-state index < -0.39 is 0 Å². The first kappa shape index (κ1) is 18.3. The normalized spacial score (nSPS) is 13.5. The molecule has 25 heavy (non-hydrogen) atoms. The van der Waals surface area contributed by atoms with Crippen LogP contribution in [0.25, 0.3) is 5.57 Å². The molecule has 0 saturated heterocycles. The average molecular weight is 391 g/mol. The summed E-state index contributed by atoms with van der Waals surface area (Å²) in [6.07, 6.45) is 4.46. The van der Waals surface area contributed by atoms with Crippen LogP contribution in [-0.2, 0) is 0 Å². The number of hydrogen-bond donors (Lipinski definition) is 0. The second kappa shape index (κ2) is 7.40. The fourth-order valence-corrected chi connectivity index (χ4v) is 5.67. The average Bonchev–Trinajstić information content (AvgIpc) is 3.28. The van der Waals surface area contributed by atoms with E-state index in [1.54, 1.807) is 0 Å². The molecule has 2 aromatic rings. The van der Waals surface area contributed by atoms with Crippen LogP contribution in [0.1, 0.15) is 9.75 Å². The van der Waals surface area contributed by atoms with Crippen LogP contribution in [0.4, 0.5) is 10.0 Å². The maximum Gasteiger partial charge on any atom is 0.239 e. The number of thiophene rings is 2. The highest BCUT2D eigenvalue weighted by Crippen LogP contribution is 2.44. The lowest BCUT2D eigenvalue weighted by Crippen LogP contribution is -2.05. The molecule has 0 fully saturated rings. The van der Waals surface area contributed by atoms with Crippen molar-refractivity contribution in [1.82, 2.24) is 0 Å². The summed E-state index contributed by atoms with van der Waals surface area (Å²) in [7, 11) is 12.6. The second-order valence-corrected chi connectivity index (χ2v) is 9.66. The molecule has 2 aromatic heterocycles. The van der Waals surface area contributed by atoms with Crippen molar-refractivity contribution in [3.63, 3.8) is 0 Å². The summed E-state index contributed by atoms with van der Waals surface area (Å²) < 4.78 is 2.17. The first-order valence-electron chi connectivity index (χ1n) is 8.06. The summed E-state index contributed by atoms with van der Waals surface area (Å²) in [4.78, 5) is 8.31. The standard InChI is InChI=1S/C19H24N3S3/c1-20(2)16-10-7-13(23-16)19(14-8-11-17(24-14)21(3)4)15-9-12-18(25-15)22(5)6/h7-12H,1-6H3/q+1. The van der Waals surface area contributed by atoms with Crippen molar-refractivity contribution in [1.29, 1.82) is 0 Å². The minimum absolute atomic E-state index is 1.28. The first-order chi connectivity index (χ1) is 11.9. The van der Waals surface area contributed by atoms with Crippen LogP contribution in [0.5, 0.6) is 0 Å². The summed E-state index contributed by atoms with van der Waals surface area (Å²) in [5.74, 6) is 0. The highest BCUT2D eigenvalue weighted by Gasteiger charge is 2.23. The minimum atomic E-state index is 1.28. The molecule has 0 spiro atoms. The molecule has 1 aliphatic rings. The summed E-state index contributed by atoms with van der Waals surface area (Å²) >= 11 is 5.55. The third kappa shape index (κ3) is 3.86. The van der Waals surface area contributed by atoms with Crippen LogP contribution in [0.3, 0.4) is 0 Å². The summed E-state index contributed by atoms with van der Waals surface area (Å²) in [5.41, 5.74) is 1.34. The molecule has 0 aliphatic carbocycles. The minimum Gasteiger partial charge on any atom is -0.370 e. The largest absolute Gasteiger partial charge is 0.370 e. The van der Waals surface area contributed by atoms with E-state index in [2.05, 4.69) is 93.1 Å². The predicted octanol–water partition coefficient (Wildman–Crippen LogP) is 4.67. The molecular formula is C19H24N3S3+. The fraction of sp³-hybridized carbons (Fsp3) is 0.316. The Morgan fingerprint density at radius 3 is 1.68 bits per heavy atom. The van der Waals surface area contributed by atoms with Crippen LogP contribution in [0.2, 0.25) is 0 Å². The summed E-state index contributed by atoms with van der Waals surface area (Å²) in [5, 5.41) is 3.84. The monoisotopic (exact) mass is 390 g/mol. The molecule has 3 heterocycles. The summed E-state index contributed by atoms with van der Waals surface area (Å²) in [6.45, 7) is 0. The van der Waals surface area contributed by atoms with Gasteiger partial charge in [0.05, 0.1) is 10.0 Å². The molecule has 3 rings (SSSR count). The molecule has 0 N–H and O–H groups in total.